The average molecular weight is 476 g/mol. The van der Waals surface area contributed by atoms with Crippen molar-refractivity contribution in [3.8, 4) is 12.3 Å². The zero-order valence-electron chi connectivity index (χ0n) is 19.3. The molecule has 1 N–H and O–H groups in total. The van der Waals surface area contributed by atoms with E-state index in [0.717, 1.165) is 12.1 Å². The highest BCUT2D eigenvalue weighted by atomic mass is 19.4. The second kappa shape index (κ2) is 9.79. The van der Waals surface area contributed by atoms with Crippen LogP contribution in [0.3, 0.4) is 0 Å². The molecular formula is C24H27F3N4O3. The van der Waals surface area contributed by atoms with Crippen molar-refractivity contribution in [3.63, 3.8) is 0 Å². The maximum absolute atomic E-state index is 13.1. The van der Waals surface area contributed by atoms with Crippen LogP contribution < -0.4 is 10.9 Å². The number of fused-ring (bicyclic) bond motifs is 1. The molecule has 1 amide bonds. The predicted octanol–water partition coefficient (Wildman–Crippen LogP) is 3.84. The lowest BCUT2D eigenvalue weighted by atomic mass is 10.1. The van der Waals surface area contributed by atoms with Gasteiger partial charge in [0.25, 0.3) is 5.56 Å². The molecule has 0 unspecified atom stereocenters. The van der Waals surface area contributed by atoms with Crippen molar-refractivity contribution in [2.75, 3.05) is 18.4 Å². The first-order valence-electron chi connectivity index (χ1n) is 10.8. The Morgan fingerprint density at radius 3 is 2.50 bits per heavy atom. The number of carbonyl (C=O) groups is 1. The van der Waals surface area contributed by atoms with E-state index in [1.165, 1.54) is 21.6 Å². The van der Waals surface area contributed by atoms with Gasteiger partial charge in [-0.25, -0.2) is 9.78 Å². The maximum atomic E-state index is 13.1. The lowest BCUT2D eigenvalue weighted by Crippen LogP contribution is -2.43. The number of nitrogens with one attached hydrogen (secondary N) is 1. The number of aromatic nitrogens is 2. The van der Waals surface area contributed by atoms with Gasteiger partial charge in [-0.3, -0.25) is 9.36 Å². The van der Waals surface area contributed by atoms with Crippen LogP contribution >= 0.6 is 0 Å². The summed E-state index contributed by atoms with van der Waals surface area (Å²) >= 11 is 0. The van der Waals surface area contributed by atoms with E-state index in [0.29, 0.717) is 48.7 Å². The molecule has 0 bridgehead atoms. The second-order valence-electron chi connectivity index (χ2n) is 8.98. The first-order valence-corrected chi connectivity index (χ1v) is 10.8. The fourth-order valence-corrected chi connectivity index (χ4v) is 3.55. The van der Waals surface area contributed by atoms with Gasteiger partial charge in [-0.15, -0.1) is 6.42 Å². The van der Waals surface area contributed by atoms with Crippen LogP contribution in [-0.2, 0) is 36.8 Å². The van der Waals surface area contributed by atoms with Crippen LogP contribution in [0.2, 0.25) is 0 Å². The summed E-state index contributed by atoms with van der Waals surface area (Å²) in [6.07, 6.45) is 1.37. The Labute approximate surface area is 195 Å². The highest BCUT2D eigenvalue weighted by Crippen LogP contribution is 2.29. The van der Waals surface area contributed by atoms with Crippen molar-refractivity contribution in [2.24, 2.45) is 0 Å². The molecule has 1 aliphatic rings. The molecule has 1 aromatic heterocycles. The minimum atomic E-state index is -4.38. The Morgan fingerprint density at radius 2 is 1.91 bits per heavy atom. The minimum Gasteiger partial charge on any atom is -0.444 e. The van der Waals surface area contributed by atoms with Crippen molar-refractivity contribution in [1.29, 1.82) is 0 Å². The van der Waals surface area contributed by atoms with Crippen LogP contribution in [0.5, 0.6) is 0 Å². The number of nitrogens with zero attached hydrogens (tertiary/aromatic N) is 3. The smallest absolute Gasteiger partial charge is 0.416 e. The molecule has 2 heterocycles. The quantitative estimate of drug-likeness (QED) is 0.664. The van der Waals surface area contributed by atoms with E-state index in [1.807, 2.05) is 0 Å². The monoisotopic (exact) mass is 476 g/mol. The summed E-state index contributed by atoms with van der Waals surface area (Å²) in [5, 5.41) is 3.08. The number of halogens is 3. The number of benzene rings is 1. The lowest BCUT2D eigenvalue weighted by molar-refractivity contribution is -0.137. The maximum Gasteiger partial charge on any atom is 0.416 e. The average Bonchev–Trinajstić information content (AvgIpc) is 2.74. The van der Waals surface area contributed by atoms with E-state index in [4.69, 9.17) is 11.2 Å². The van der Waals surface area contributed by atoms with Crippen LogP contribution in [0.4, 0.5) is 23.9 Å². The molecule has 3 rings (SSSR count). The third-order valence-corrected chi connectivity index (χ3v) is 5.19. The van der Waals surface area contributed by atoms with Crippen LogP contribution in [0.25, 0.3) is 0 Å². The van der Waals surface area contributed by atoms with Gasteiger partial charge in [-0.1, -0.05) is 18.1 Å². The second-order valence-corrected chi connectivity index (χ2v) is 8.98. The van der Waals surface area contributed by atoms with E-state index >= 15 is 0 Å². The number of hydrogen-bond donors (Lipinski definition) is 1. The van der Waals surface area contributed by atoms with Gasteiger partial charge in [0.1, 0.15) is 5.60 Å². The molecule has 1 aliphatic heterocycles. The highest BCUT2D eigenvalue weighted by Gasteiger charge is 2.30. The Balaban J connectivity index is 1.74. The number of anilines is 1. The third kappa shape index (κ3) is 6.10. The van der Waals surface area contributed by atoms with Crippen LogP contribution in [0.15, 0.2) is 29.1 Å². The summed E-state index contributed by atoms with van der Waals surface area (Å²) in [6.45, 7) is 6.07. The SMILES string of the molecule is C#CCn1c(NCCc2ccc(C(F)(F)F)cc2)nc2c(c1=O)CN(C(=O)OC(C)(C)C)CC2. The van der Waals surface area contributed by atoms with Gasteiger partial charge < -0.3 is 15.0 Å². The normalized spacial score (nSPS) is 13.7. The summed E-state index contributed by atoms with van der Waals surface area (Å²) < 4.78 is 44.9. The van der Waals surface area contributed by atoms with Gasteiger partial charge >= 0.3 is 12.3 Å². The summed E-state index contributed by atoms with van der Waals surface area (Å²) in [4.78, 5) is 31.6. The van der Waals surface area contributed by atoms with Crippen LogP contribution in [0.1, 0.15) is 43.2 Å². The van der Waals surface area contributed by atoms with Crippen molar-refractivity contribution in [2.45, 2.75) is 58.5 Å². The van der Waals surface area contributed by atoms with Crippen molar-refractivity contribution >= 4 is 12.0 Å². The predicted molar refractivity (Wildman–Crippen MR) is 121 cm³/mol. The standard InChI is InChI=1S/C24H27F3N4O3/c1-5-13-31-20(32)18-15-30(22(33)34-23(2,3)4)14-11-19(18)29-21(31)28-12-10-16-6-8-17(9-7-16)24(25,26)27/h1,6-9H,10-15H2,2-4H3,(H,28,29). The Kier molecular flexibility index (Phi) is 7.24. The number of alkyl halides is 3. The van der Waals surface area contributed by atoms with Crippen LogP contribution in [-0.4, -0.2) is 39.2 Å². The molecule has 0 spiro atoms. The molecule has 0 aliphatic carbocycles. The molecule has 0 saturated heterocycles. The van der Waals surface area contributed by atoms with Gasteiger partial charge in [-0.05, 0) is 44.9 Å². The first kappa shape index (κ1) is 25.1. The van der Waals surface area contributed by atoms with Gasteiger partial charge in [0.05, 0.1) is 29.9 Å². The summed E-state index contributed by atoms with van der Waals surface area (Å²) in [7, 11) is 0. The zero-order valence-corrected chi connectivity index (χ0v) is 19.3. The summed E-state index contributed by atoms with van der Waals surface area (Å²) in [5.74, 6) is 2.73. The number of hydrogen-bond acceptors (Lipinski definition) is 5. The van der Waals surface area contributed by atoms with Gasteiger partial charge in [0, 0.05) is 19.5 Å². The number of rotatable bonds is 5. The van der Waals surface area contributed by atoms with E-state index in [1.54, 1.807) is 20.8 Å². The largest absolute Gasteiger partial charge is 0.444 e. The van der Waals surface area contributed by atoms with Crippen molar-refractivity contribution in [3.05, 3.63) is 57.0 Å². The number of carbonyl (C=O) groups excluding carboxylic acids is 1. The molecule has 0 fully saturated rings. The van der Waals surface area contributed by atoms with Gasteiger partial charge in [0.15, 0.2) is 0 Å². The summed E-state index contributed by atoms with van der Waals surface area (Å²) in [5.41, 5.74) is -0.0229. The molecule has 10 heteroatoms. The van der Waals surface area contributed by atoms with Crippen molar-refractivity contribution < 1.29 is 22.7 Å². The first-order chi connectivity index (χ1) is 15.9. The zero-order chi connectivity index (χ0) is 25.1. The minimum absolute atomic E-state index is 0.0197. The van der Waals surface area contributed by atoms with E-state index < -0.39 is 23.4 Å². The van der Waals surface area contributed by atoms with E-state index in [-0.39, 0.29) is 18.6 Å². The summed E-state index contributed by atoms with van der Waals surface area (Å²) in [6, 6.07) is 4.92. The van der Waals surface area contributed by atoms with Crippen molar-refractivity contribution in [1.82, 2.24) is 14.5 Å². The highest BCUT2D eigenvalue weighted by molar-refractivity contribution is 5.68. The molecular weight excluding hydrogens is 449 g/mol. The molecule has 1 aromatic carbocycles. The van der Waals surface area contributed by atoms with Gasteiger partial charge in [0.2, 0.25) is 5.95 Å². The van der Waals surface area contributed by atoms with Gasteiger partial charge in [-0.2, -0.15) is 13.2 Å². The molecule has 0 radical (unpaired) electrons. The third-order valence-electron chi connectivity index (χ3n) is 5.19. The topological polar surface area (TPSA) is 76.5 Å². The number of amides is 1. The van der Waals surface area contributed by atoms with E-state index in [2.05, 4.69) is 16.2 Å². The molecule has 2 aromatic rings. The number of ether oxygens (including phenoxy) is 1. The fourth-order valence-electron chi connectivity index (χ4n) is 3.55. The Morgan fingerprint density at radius 1 is 1.24 bits per heavy atom. The van der Waals surface area contributed by atoms with Crippen LogP contribution in [0, 0.1) is 12.3 Å². The molecule has 0 saturated carbocycles. The number of terminal acetylenes is 1. The fraction of sp³-hybridized carbons (Fsp3) is 0.458. The lowest BCUT2D eigenvalue weighted by Gasteiger charge is -2.31. The Bertz CT molecular complexity index is 1140. The Hall–Kier alpha value is -3.48. The molecule has 182 valence electrons. The molecule has 7 nitrogen and oxygen atoms in total. The molecule has 34 heavy (non-hydrogen) atoms. The molecule has 0 atom stereocenters. The van der Waals surface area contributed by atoms with E-state index in [9.17, 15) is 22.8 Å².